The zero-order valence-corrected chi connectivity index (χ0v) is 14.9. The molecule has 0 heterocycles. The van der Waals surface area contributed by atoms with E-state index in [4.69, 9.17) is 11.6 Å². The minimum Gasteiger partial charge on any atom is -0.384 e. The average molecular weight is 382 g/mol. The lowest BCUT2D eigenvalue weighted by atomic mass is 10.2. The molecular formula is C17H18BrClN2O. The second-order valence-corrected chi connectivity index (χ2v) is 6.50. The maximum absolute atomic E-state index is 12.0. The lowest BCUT2D eigenvalue weighted by Crippen LogP contribution is -2.17. The van der Waals surface area contributed by atoms with Crippen LogP contribution >= 0.6 is 27.5 Å². The molecule has 2 aromatic rings. The largest absolute Gasteiger partial charge is 0.384 e. The Morgan fingerprint density at radius 1 is 1.09 bits per heavy atom. The first-order chi connectivity index (χ1) is 10.5. The molecule has 1 amide bonds. The van der Waals surface area contributed by atoms with E-state index in [2.05, 4.69) is 26.6 Å². The van der Waals surface area contributed by atoms with Gasteiger partial charge in [-0.25, -0.2) is 0 Å². The Labute approximate surface area is 144 Å². The third-order valence-corrected chi connectivity index (χ3v) is 4.05. The zero-order chi connectivity index (χ0) is 16.1. The van der Waals surface area contributed by atoms with Crippen molar-refractivity contribution in [3.8, 4) is 0 Å². The summed E-state index contributed by atoms with van der Waals surface area (Å²) in [6, 6.07) is 11.4. The van der Waals surface area contributed by atoms with Gasteiger partial charge >= 0.3 is 0 Å². The van der Waals surface area contributed by atoms with E-state index in [0.29, 0.717) is 18.0 Å². The summed E-state index contributed by atoms with van der Waals surface area (Å²) in [7, 11) is 0. The van der Waals surface area contributed by atoms with Gasteiger partial charge in [0.15, 0.2) is 0 Å². The lowest BCUT2D eigenvalue weighted by Gasteiger charge is -2.11. The van der Waals surface area contributed by atoms with Crippen molar-refractivity contribution in [3.63, 3.8) is 0 Å². The van der Waals surface area contributed by atoms with Crippen LogP contribution in [0.4, 0.5) is 11.4 Å². The molecule has 2 N–H and O–H groups in total. The second-order valence-electron chi connectivity index (χ2n) is 5.14. The van der Waals surface area contributed by atoms with E-state index in [9.17, 15) is 4.79 Å². The zero-order valence-electron chi connectivity index (χ0n) is 12.5. The molecule has 0 aliphatic carbocycles. The van der Waals surface area contributed by atoms with Gasteiger partial charge < -0.3 is 10.6 Å². The molecule has 22 heavy (non-hydrogen) atoms. The Hall–Kier alpha value is -1.52. The van der Waals surface area contributed by atoms with Crippen molar-refractivity contribution < 1.29 is 4.79 Å². The summed E-state index contributed by atoms with van der Waals surface area (Å²) in [5, 5.41) is 6.89. The van der Waals surface area contributed by atoms with Crippen molar-refractivity contribution in [3.05, 3.63) is 57.0 Å². The molecule has 0 aliphatic heterocycles. The fraction of sp³-hybridized carbons (Fsp3) is 0.235. The molecule has 0 unspecified atom stereocenters. The van der Waals surface area contributed by atoms with E-state index in [0.717, 1.165) is 27.0 Å². The molecule has 0 atom stereocenters. The number of carbonyl (C=O) groups excluding carboxylic acids is 1. The van der Waals surface area contributed by atoms with E-state index in [-0.39, 0.29) is 5.91 Å². The fourth-order valence-electron chi connectivity index (χ4n) is 2.12. The number of hydrogen-bond donors (Lipinski definition) is 2. The van der Waals surface area contributed by atoms with Gasteiger partial charge in [-0.1, -0.05) is 27.5 Å². The molecule has 5 heteroatoms. The third-order valence-electron chi connectivity index (χ3n) is 3.32. The number of hydrogen-bond acceptors (Lipinski definition) is 2. The predicted molar refractivity (Wildman–Crippen MR) is 96.8 cm³/mol. The molecule has 0 aromatic heterocycles. The third kappa shape index (κ3) is 4.75. The monoisotopic (exact) mass is 380 g/mol. The van der Waals surface area contributed by atoms with Gasteiger partial charge in [0.05, 0.1) is 0 Å². The number of nitrogens with one attached hydrogen (secondary N) is 2. The van der Waals surface area contributed by atoms with Gasteiger partial charge in [-0.3, -0.25) is 4.79 Å². The highest BCUT2D eigenvalue weighted by molar-refractivity contribution is 9.10. The van der Waals surface area contributed by atoms with E-state index < -0.39 is 0 Å². The highest BCUT2D eigenvalue weighted by Gasteiger charge is 2.06. The smallest absolute Gasteiger partial charge is 0.226 e. The molecular weight excluding hydrogens is 364 g/mol. The first kappa shape index (κ1) is 16.8. The first-order valence-electron chi connectivity index (χ1n) is 7.02. The van der Waals surface area contributed by atoms with E-state index in [1.165, 1.54) is 0 Å². The van der Waals surface area contributed by atoms with Crippen molar-refractivity contribution >= 4 is 44.8 Å². The molecule has 0 saturated heterocycles. The molecule has 0 bridgehead atoms. The van der Waals surface area contributed by atoms with Crippen LogP contribution in [-0.2, 0) is 4.79 Å². The summed E-state index contributed by atoms with van der Waals surface area (Å²) in [5.41, 5.74) is 3.94. The van der Waals surface area contributed by atoms with Crippen molar-refractivity contribution in [2.75, 3.05) is 17.2 Å². The minimum atomic E-state index is -0.00969. The predicted octanol–water partition coefficient (Wildman–Crippen LogP) is 5.16. The number of aryl methyl sites for hydroxylation is 2. The summed E-state index contributed by atoms with van der Waals surface area (Å²) >= 11 is 9.33. The number of halogens is 2. The molecule has 0 radical (unpaired) electrons. The van der Waals surface area contributed by atoms with Crippen LogP contribution in [-0.4, -0.2) is 12.5 Å². The van der Waals surface area contributed by atoms with Gasteiger partial charge in [0, 0.05) is 33.8 Å². The topological polar surface area (TPSA) is 41.1 Å². The maximum Gasteiger partial charge on any atom is 0.226 e. The minimum absolute atomic E-state index is 0.00969. The van der Waals surface area contributed by atoms with Gasteiger partial charge in [-0.15, -0.1) is 0 Å². The van der Waals surface area contributed by atoms with Crippen molar-refractivity contribution in [1.29, 1.82) is 0 Å². The van der Waals surface area contributed by atoms with Crippen molar-refractivity contribution in [2.24, 2.45) is 0 Å². The molecule has 0 spiro atoms. The summed E-state index contributed by atoms with van der Waals surface area (Å²) < 4.78 is 1.00. The highest BCUT2D eigenvalue weighted by Crippen LogP contribution is 2.21. The van der Waals surface area contributed by atoms with Crippen molar-refractivity contribution in [2.45, 2.75) is 20.3 Å². The Morgan fingerprint density at radius 3 is 2.45 bits per heavy atom. The van der Waals surface area contributed by atoms with Crippen LogP contribution in [0.1, 0.15) is 17.5 Å². The lowest BCUT2D eigenvalue weighted by molar-refractivity contribution is -0.115. The Kier molecular flexibility index (Phi) is 5.86. The average Bonchev–Trinajstić information content (AvgIpc) is 2.44. The quantitative estimate of drug-likeness (QED) is 0.751. The van der Waals surface area contributed by atoms with Crippen LogP contribution in [0.15, 0.2) is 40.9 Å². The van der Waals surface area contributed by atoms with Crippen LogP contribution in [0, 0.1) is 13.8 Å². The van der Waals surface area contributed by atoms with Gasteiger partial charge in [0.25, 0.3) is 0 Å². The van der Waals surface area contributed by atoms with Crippen LogP contribution in [0.25, 0.3) is 0 Å². The van der Waals surface area contributed by atoms with Gasteiger partial charge in [0.2, 0.25) is 5.91 Å². The second kappa shape index (κ2) is 7.65. The standard InChI is InChI=1S/C17H18BrClN2O/c1-11-9-13(18)3-5-16(11)21-17(22)7-8-20-15-6-4-14(19)10-12(15)2/h3-6,9-10,20H,7-8H2,1-2H3,(H,21,22). The Balaban J connectivity index is 1.85. The van der Waals surface area contributed by atoms with Crippen LogP contribution in [0.5, 0.6) is 0 Å². The van der Waals surface area contributed by atoms with Gasteiger partial charge in [0.1, 0.15) is 0 Å². The summed E-state index contributed by atoms with van der Waals surface area (Å²) in [6.45, 7) is 4.53. The number of carbonyl (C=O) groups is 1. The first-order valence-corrected chi connectivity index (χ1v) is 8.19. The Bertz CT molecular complexity index is 688. The van der Waals surface area contributed by atoms with E-state index >= 15 is 0 Å². The highest BCUT2D eigenvalue weighted by atomic mass is 79.9. The summed E-state index contributed by atoms with van der Waals surface area (Å²) in [6.07, 6.45) is 0.400. The summed E-state index contributed by atoms with van der Waals surface area (Å²) in [4.78, 5) is 12.0. The summed E-state index contributed by atoms with van der Waals surface area (Å²) in [5.74, 6) is -0.00969. The van der Waals surface area contributed by atoms with E-state index in [1.54, 1.807) is 0 Å². The number of anilines is 2. The number of benzene rings is 2. The fourth-order valence-corrected chi connectivity index (χ4v) is 2.82. The molecule has 0 fully saturated rings. The number of rotatable bonds is 5. The van der Waals surface area contributed by atoms with Crippen LogP contribution < -0.4 is 10.6 Å². The SMILES string of the molecule is Cc1cc(Cl)ccc1NCCC(=O)Nc1ccc(Br)cc1C. The van der Waals surface area contributed by atoms with Gasteiger partial charge in [-0.2, -0.15) is 0 Å². The molecule has 116 valence electrons. The molecule has 2 rings (SSSR count). The normalized spacial score (nSPS) is 10.4. The Morgan fingerprint density at radius 2 is 1.77 bits per heavy atom. The van der Waals surface area contributed by atoms with Gasteiger partial charge in [-0.05, 0) is 61.4 Å². The van der Waals surface area contributed by atoms with Crippen LogP contribution in [0.2, 0.25) is 5.02 Å². The van der Waals surface area contributed by atoms with E-state index in [1.807, 2.05) is 50.2 Å². The molecule has 3 nitrogen and oxygen atoms in total. The van der Waals surface area contributed by atoms with Crippen LogP contribution in [0.3, 0.4) is 0 Å². The van der Waals surface area contributed by atoms with Crippen molar-refractivity contribution in [1.82, 2.24) is 0 Å². The molecule has 0 saturated carbocycles. The molecule has 2 aromatic carbocycles. The maximum atomic E-state index is 12.0. The number of amides is 1. The molecule has 0 aliphatic rings.